The number of nitrogens with zero attached hydrogens (tertiary/aromatic N) is 3. The van der Waals surface area contributed by atoms with Crippen molar-refractivity contribution in [1.82, 2.24) is 14.5 Å². The lowest BCUT2D eigenvalue weighted by Crippen LogP contribution is -2.24. The highest BCUT2D eigenvalue weighted by Gasteiger charge is 2.24. The highest BCUT2D eigenvalue weighted by molar-refractivity contribution is 7.90. The van der Waals surface area contributed by atoms with Crippen molar-refractivity contribution in [3.63, 3.8) is 0 Å². The lowest BCUT2D eigenvalue weighted by molar-refractivity contribution is 0.0934. The zero-order chi connectivity index (χ0) is 18.7. The molecule has 1 fully saturated rings. The normalized spacial score (nSPS) is 17.9. The Morgan fingerprint density at radius 3 is 2.77 bits per heavy atom. The molecule has 2 aromatic rings. The predicted octanol–water partition coefficient (Wildman–Crippen LogP) is 2.75. The van der Waals surface area contributed by atoms with Crippen LogP contribution in [0.3, 0.4) is 0 Å². The van der Waals surface area contributed by atoms with E-state index in [1.807, 2.05) is 31.3 Å². The number of hydrogen-bond acceptors (Lipinski definition) is 5. The molecule has 8 heteroatoms. The van der Waals surface area contributed by atoms with Crippen LogP contribution in [0.15, 0.2) is 35.6 Å². The first-order valence-corrected chi connectivity index (χ1v) is 10.9. The monoisotopic (exact) mass is 397 g/mol. The Kier molecular flexibility index (Phi) is 6.02. The predicted molar refractivity (Wildman–Crippen MR) is 101 cm³/mol. The summed E-state index contributed by atoms with van der Waals surface area (Å²) >= 11 is 6.24. The van der Waals surface area contributed by atoms with E-state index in [1.165, 1.54) is 6.26 Å². The molecule has 1 aliphatic rings. The van der Waals surface area contributed by atoms with E-state index < -0.39 is 9.84 Å². The molecule has 3 rings (SSSR count). The SMILES string of the molecule is CN(Cc1ccccc1Cl)Cc1cnc(S(C)(=O)=O)n1C[C@@H]1CCCO1. The number of imidazole rings is 1. The van der Waals surface area contributed by atoms with E-state index in [4.69, 9.17) is 16.3 Å². The molecule has 0 N–H and O–H groups in total. The molecule has 0 unspecified atom stereocenters. The van der Waals surface area contributed by atoms with E-state index in [0.717, 1.165) is 35.7 Å². The highest BCUT2D eigenvalue weighted by atomic mass is 35.5. The third-order valence-electron chi connectivity index (χ3n) is 4.47. The number of benzene rings is 1. The van der Waals surface area contributed by atoms with Crippen LogP contribution < -0.4 is 0 Å². The van der Waals surface area contributed by atoms with Crippen molar-refractivity contribution < 1.29 is 13.2 Å². The second-order valence-corrected chi connectivity index (χ2v) is 9.13. The molecule has 1 aromatic heterocycles. The van der Waals surface area contributed by atoms with Crippen LogP contribution >= 0.6 is 11.6 Å². The van der Waals surface area contributed by atoms with Gasteiger partial charge in [-0.3, -0.25) is 4.90 Å². The average molecular weight is 398 g/mol. The summed E-state index contributed by atoms with van der Waals surface area (Å²) in [6.07, 6.45) is 4.83. The van der Waals surface area contributed by atoms with Crippen LogP contribution in [0.4, 0.5) is 0 Å². The average Bonchev–Trinajstić information content (AvgIpc) is 3.20. The van der Waals surface area contributed by atoms with Crippen molar-refractivity contribution in [3.05, 3.63) is 46.7 Å². The van der Waals surface area contributed by atoms with Gasteiger partial charge in [0.25, 0.3) is 0 Å². The fourth-order valence-corrected chi connectivity index (χ4v) is 4.28. The molecule has 0 bridgehead atoms. The van der Waals surface area contributed by atoms with Crippen molar-refractivity contribution >= 4 is 21.4 Å². The van der Waals surface area contributed by atoms with Crippen LogP contribution in [-0.4, -0.2) is 48.9 Å². The molecular formula is C18H24ClN3O3S. The van der Waals surface area contributed by atoms with Gasteiger partial charge in [-0.25, -0.2) is 13.4 Å². The van der Waals surface area contributed by atoms with Crippen molar-refractivity contribution in [2.24, 2.45) is 0 Å². The van der Waals surface area contributed by atoms with Crippen LogP contribution in [0.1, 0.15) is 24.1 Å². The Bertz CT molecular complexity index is 860. The van der Waals surface area contributed by atoms with Crippen LogP contribution in [0.25, 0.3) is 0 Å². The van der Waals surface area contributed by atoms with Gasteiger partial charge < -0.3 is 9.30 Å². The topological polar surface area (TPSA) is 64.4 Å². The fourth-order valence-electron chi connectivity index (χ4n) is 3.25. The number of ether oxygens (including phenoxy) is 1. The number of hydrogen-bond donors (Lipinski definition) is 0. The smallest absolute Gasteiger partial charge is 0.227 e. The molecule has 0 radical (unpaired) electrons. The van der Waals surface area contributed by atoms with Crippen molar-refractivity contribution in [1.29, 1.82) is 0 Å². The molecule has 1 aliphatic heterocycles. The Hall–Kier alpha value is -1.41. The zero-order valence-electron chi connectivity index (χ0n) is 15.1. The Labute approximate surface area is 159 Å². The number of rotatable bonds is 7. The van der Waals surface area contributed by atoms with Crippen LogP contribution in [-0.2, 0) is 34.2 Å². The van der Waals surface area contributed by atoms with Crippen LogP contribution in [0.2, 0.25) is 5.02 Å². The minimum Gasteiger partial charge on any atom is -0.376 e. The van der Waals surface area contributed by atoms with Gasteiger partial charge in [-0.1, -0.05) is 29.8 Å². The molecule has 2 heterocycles. The molecule has 1 atom stereocenters. The highest BCUT2D eigenvalue weighted by Crippen LogP contribution is 2.21. The largest absolute Gasteiger partial charge is 0.376 e. The van der Waals surface area contributed by atoms with E-state index in [-0.39, 0.29) is 11.3 Å². The second-order valence-electron chi connectivity index (χ2n) is 6.81. The van der Waals surface area contributed by atoms with E-state index in [0.29, 0.717) is 19.6 Å². The van der Waals surface area contributed by atoms with Gasteiger partial charge in [-0.2, -0.15) is 0 Å². The summed E-state index contributed by atoms with van der Waals surface area (Å²) in [5.74, 6) is 0. The maximum Gasteiger partial charge on any atom is 0.227 e. The Morgan fingerprint density at radius 2 is 2.12 bits per heavy atom. The van der Waals surface area contributed by atoms with Crippen LogP contribution in [0.5, 0.6) is 0 Å². The third-order valence-corrected chi connectivity index (χ3v) is 5.83. The quantitative estimate of drug-likeness (QED) is 0.718. The summed E-state index contributed by atoms with van der Waals surface area (Å²) in [4.78, 5) is 6.27. The summed E-state index contributed by atoms with van der Waals surface area (Å²) in [5, 5.41) is 0.832. The maximum atomic E-state index is 12.1. The standard InChI is InChI=1S/C18H24ClN3O3S/c1-21(11-14-6-3-4-8-17(14)19)12-15-10-20-18(26(2,23)24)22(15)13-16-7-5-9-25-16/h3-4,6,8,10,16H,5,7,9,11-13H2,1-2H3/t16-/m0/s1. The van der Waals surface area contributed by atoms with Gasteiger partial charge in [-0.05, 0) is 31.5 Å². The minimum atomic E-state index is -3.40. The Balaban J connectivity index is 1.80. The van der Waals surface area contributed by atoms with E-state index >= 15 is 0 Å². The van der Waals surface area contributed by atoms with Crippen LogP contribution in [0, 0.1) is 0 Å². The molecule has 26 heavy (non-hydrogen) atoms. The van der Waals surface area contributed by atoms with Crippen molar-refractivity contribution in [2.45, 2.75) is 43.7 Å². The third kappa shape index (κ3) is 4.65. The van der Waals surface area contributed by atoms with E-state index in [1.54, 1.807) is 10.8 Å². The number of aromatic nitrogens is 2. The molecule has 142 valence electrons. The van der Waals surface area contributed by atoms with Gasteiger partial charge in [0.1, 0.15) is 0 Å². The van der Waals surface area contributed by atoms with Gasteiger partial charge in [0, 0.05) is 31.0 Å². The molecular weight excluding hydrogens is 374 g/mol. The second kappa shape index (κ2) is 8.08. The summed E-state index contributed by atoms with van der Waals surface area (Å²) in [6, 6.07) is 7.72. The summed E-state index contributed by atoms with van der Waals surface area (Å²) in [7, 11) is -1.42. The summed E-state index contributed by atoms with van der Waals surface area (Å²) < 4.78 is 31.7. The molecule has 1 saturated heterocycles. The summed E-state index contributed by atoms with van der Waals surface area (Å²) in [5.41, 5.74) is 1.89. The fraction of sp³-hybridized carbons (Fsp3) is 0.500. The van der Waals surface area contributed by atoms with Gasteiger partial charge in [0.15, 0.2) is 0 Å². The number of sulfone groups is 1. The first-order valence-electron chi connectivity index (χ1n) is 8.62. The first-order chi connectivity index (χ1) is 12.3. The number of halogens is 1. The van der Waals surface area contributed by atoms with Gasteiger partial charge >= 0.3 is 0 Å². The molecule has 0 aliphatic carbocycles. The molecule has 0 spiro atoms. The van der Waals surface area contributed by atoms with Gasteiger partial charge in [-0.15, -0.1) is 0 Å². The van der Waals surface area contributed by atoms with Gasteiger partial charge in [0.2, 0.25) is 15.0 Å². The van der Waals surface area contributed by atoms with E-state index in [9.17, 15) is 8.42 Å². The van der Waals surface area contributed by atoms with Crippen molar-refractivity contribution in [3.8, 4) is 0 Å². The lowest BCUT2D eigenvalue weighted by Gasteiger charge is -2.20. The zero-order valence-corrected chi connectivity index (χ0v) is 16.6. The summed E-state index contributed by atoms with van der Waals surface area (Å²) in [6.45, 7) is 2.48. The molecule has 0 amide bonds. The lowest BCUT2D eigenvalue weighted by atomic mass is 10.2. The maximum absolute atomic E-state index is 12.1. The van der Waals surface area contributed by atoms with Gasteiger partial charge in [0.05, 0.1) is 24.5 Å². The first kappa shape index (κ1) is 19.4. The molecule has 0 saturated carbocycles. The minimum absolute atomic E-state index is 0.0392. The molecule has 1 aromatic carbocycles. The van der Waals surface area contributed by atoms with E-state index in [2.05, 4.69) is 9.88 Å². The van der Waals surface area contributed by atoms with Crippen molar-refractivity contribution in [2.75, 3.05) is 19.9 Å². The molecule has 6 nitrogen and oxygen atoms in total. The Morgan fingerprint density at radius 1 is 1.35 bits per heavy atom.